The van der Waals surface area contributed by atoms with Crippen LogP contribution in [0.15, 0.2) is 22.7 Å². The number of ether oxygens (including phenoxy) is 1. The summed E-state index contributed by atoms with van der Waals surface area (Å²) in [5.41, 5.74) is 0. The third-order valence-electron chi connectivity index (χ3n) is 3.40. The number of amides is 1. The van der Waals surface area contributed by atoms with Crippen molar-refractivity contribution in [2.45, 2.75) is 25.3 Å². The lowest BCUT2D eigenvalue weighted by atomic mass is 10.1. The molecule has 0 aliphatic heterocycles. The predicted octanol–water partition coefficient (Wildman–Crippen LogP) is 2.34. The highest BCUT2D eigenvalue weighted by Gasteiger charge is 2.30. The molecule has 0 aromatic heterocycles. The topological polar surface area (TPSA) is 75.6 Å². The first-order chi connectivity index (χ1) is 9.95. The fraction of sp³-hybridized carbons (Fsp3) is 0.429. The van der Waals surface area contributed by atoms with Crippen LogP contribution in [0.1, 0.15) is 19.3 Å². The van der Waals surface area contributed by atoms with Crippen molar-refractivity contribution < 1.29 is 23.8 Å². The molecule has 2 N–H and O–H groups in total. The second kappa shape index (κ2) is 6.89. The van der Waals surface area contributed by atoms with Gasteiger partial charge in [0.05, 0.1) is 5.92 Å². The summed E-state index contributed by atoms with van der Waals surface area (Å²) in [6, 6.07) is 4.15. The number of hydrogen-bond donors (Lipinski definition) is 2. The van der Waals surface area contributed by atoms with E-state index >= 15 is 0 Å². The Kier molecular flexibility index (Phi) is 5.17. The maximum atomic E-state index is 13.5. The van der Waals surface area contributed by atoms with E-state index in [0.717, 1.165) is 0 Å². The Morgan fingerprint density at radius 3 is 2.81 bits per heavy atom. The molecule has 0 unspecified atom stereocenters. The molecule has 1 amide bonds. The van der Waals surface area contributed by atoms with Crippen molar-refractivity contribution in [3.8, 4) is 5.75 Å². The number of nitrogens with one attached hydrogen (secondary N) is 1. The Morgan fingerprint density at radius 2 is 2.19 bits per heavy atom. The second-order valence-electron chi connectivity index (χ2n) is 4.98. The summed E-state index contributed by atoms with van der Waals surface area (Å²) in [5, 5.41) is 11.6. The Labute approximate surface area is 129 Å². The van der Waals surface area contributed by atoms with Gasteiger partial charge in [0, 0.05) is 10.5 Å². The number of carboxylic acid groups (broad SMARTS) is 1. The minimum absolute atomic E-state index is 0.00295. The number of rotatable bonds is 5. The van der Waals surface area contributed by atoms with Gasteiger partial charge in [0.2, 0.25) is 0 Å². The van der Waals surface area contributed by atoms with Gasteiger partial charge in [0.1, 0.15) is 0 Å². The highest BCUT2D eigenvalue weighted by molar-refractivity contribution is 9.10. The number of aliphatic carboxylic acids is 1. The van der Waals surface area contributed by atoms with E-state index in [9.17, 15) is 14.0 Å². The minimum Gasteiger partial charge on any atom is -0.481 e. The van der Waals surface area contributed by atoms with E-state index in [1.54, 1.807) is 6.07 Å². The molecule has 21 heavy (non-hydrogen) atoms. The van der Waals surface area contributed by atoms with Crippen LogP contribution in [0.4, 0.5) is 4.39 Å². The Balaban J connectivity index is 1.79. The molecule has 1 aliphatic carbocycles. The molecule has 1 fully saturated rings. The number of carbonyl (C=O) groups is 2. The number of carboxylic acids is 1. The van der Waals surface area contributed by atoms with Crippen LogP contribution in [-0.2, 0) is 9.59 Å². The van der Waals surface area contributed by atoms with Crippen LogP contribution in [0.25, 0.3) is 0 Å². The smallest absolute Gasteiger partial charge is 0.306 e. The number of carbonyl (C=O) groups excluding carboxylic acids is 1. The molecular weight excluding hydrogens is 345 g/mol. The van der Waals surface area contributed by atoms with E-state index in [0.29, 0.717) is 23.7 Å². The first kappa shape index (κ1) is 15.8. The lowest BCUT2D eigenvalue weighted by Gasteiger charge is -2.13. The molecule has 1 saturated carbocycles. The maximum absolute atomic E-state index is 13.5. The van der Waals surface area contributed by atoms with E-state index < -0.39 is 17.7 Å². The van der Waals surface area contributed by atoms with Crippen LogP contribution >= 0.6 is 15.9 Å². The average molecular weight is 360 g/mol. The number of benzene rings is 1. The minimum atomic E-state index is -0.833. The maximum Gasteiger partial charge on any atom is 0.306 e. The normalized spacial score (nSPS) is 21.0. The lowest BCUT2D eigenvalue weighted by Crippen LogP contribution is -2.36. The molecule has 1 aliphatic rings. The Bertz CT molecular complexity index is 552. The molecule has 5 nitrogen and oxygen atoms in total. The fourth-order valence-electron chi connectivity index (χ4n) is 2.34. The summed E-state index contributed by atoms with van der Waals surface area (Å²) < 4.78 is 19.2. The van der Waals surface area contributed by atoms with Crippen LogP contribution < -0.4 is 10.1 Å². The van der Waals surface area contributed by atoms with Crippen LogP contribution in [0, 0.1) is 11.7 Å². The van der Waals surface area contributed by atoms with Gasteiger partial charge in [-0.25, -0.2) is 4.39 Å². The van der Waals surface area contributed by atoms with Gasteiger partial charge in [-0.3, -0.25) is 9.59 Å². The van der Waals surface area contributed by atoms with Crippen molar-refractivity contribution >= 4 is 27.8 Å². The van der Waals surface area contributed by atoms with Crippen molar-refractivity contribution in [2.24, 2.45) is 5.92 Å². The number of hydrogen-bond acceptors (Lipinski definition) is 3. The molecule has 0 radical (unpaired) electrons. The lowest BCUT2D eigenvalue weighted by molar-refractivity contribution is -0.141. The van der Waals surface area contributed by atoms with Gasteiger partial charge in [0.25, 0.3) is 5.91 Å². The van der Waals surface area contributed by atoms with Crippen molar-refractivity contribution in [1.82, 2.24) is 5.32 Å². The van der Waals surface area contributed by atoms with E-state index in [-0.39, 0.29) is 24.3 Å². The summed E-state index contributed by atoms with van der Waals surface area (Å²) in [6.07, 6.45) is 1.62. The van der Waals surface area contributed by atoms with Crippen molar-refractivity contribution in [3.63, 3.8) is 0 Å². The molecule has 2 rings (SSSR count). The van der Waals surface area contributed by atoms with Crippen molar-refractivity contribution in [3.05, 3.63) is 28.5 Å². The van der Waals surface area contributed by atoms with Crippen LogP contribution in [0.5, 0.6) is 5.75 Å². The van der Waals surface area contributed by atoms with E-state index in [1.807, 2.05) is 0 Å². The zero-order valence-corrected chi connectivity index (χ0v) is 12.7. The molecule has 0 spiro atoms. The molecular formula is C14H15BrFNO4. The quantitative estimate of drug-likeness (QED) is 0.845. The van der Waals surface area contributed by atoms with Gasteiger partial charge in [-0.2, -0.15) is 0 Å². The first-order valence-corrected chi connectivity index (χ1v) is 7.35. The van der Waals surface area contributed by atoms with E-state index in [2.05, 4.69) is 21.2 Å². The zero-order chi connectivity index (χ0) is 15.4. The highest BCUT2D eigenvalue weighted by Crippen LogP contribution is 2.25. The summed E-state index contributed by atoms with van der Waals surface area (Å²) in [4.78, 5) is 22.5. The molecule has 0 saturated heterocycles. The third kappa shape index (κ3) is 4.42. The zero-order valence-electron chi connectivity index (χ0n) is 11.1. The molecule has 114 valence electrons. The average Bonchev–Trinajstić information content (AvgIpc) is 2.86. The molecule has 1 aromatic rings. The Morgan fingerprint density at radius 1 is 1.43 bits per heavy atom. The predicted molar refractivity (Wildman–Crippen MR) is 76.5 cm³/mol. The number of halogens is 2. The SMILES string of the molecule is O=C(COc1ccc(Br)cc1F)N[C@@H]1CC[C@H](C(=O)O)C1. The highest BCUT2D eigenvalue weighted by atomic mass is 79.9. The largest absolute Gasteiger partial charge is 0.481 e. The van der Waals surface area contributed by atoms with Crippen molar-refractivity contribution in [2.75, 3.05) is 6.61 Å². The molecule has 2 atom stereocenters. The molecule has 0 bridgehead atoms. The first-order valence-electron chi connectivity index (χ1n) is 6.55. The summed E-state index contributed by atoms with van der Waals surface area (Å²) >= 11 is 3.13. The summed E-state index contributed by atoms with van der Waals surface area (Å²) in [6.45, 7) is -0.299. The second-order valence-corrected chi connectivity index (χ2v) is 5.89. The molecule has 0 heterocycles. The Hall–Kier alpha value is -1.63. The van der Waals surface area contributed by atoms with Gasteiger partial charge in [-0.05, 0) is 37.5 Å². The van der Waals surface area contributed by atoms with E-state index in [4.69, 9.17) is 9.84 Å². The van der Waals surface area contributed by atoms with Crippen LogP contribution in [0.2, 0.25) is 0 Å². The van der Waals surface area contributed by atoms with Crippen LogP contribution in [0.3, 0.4) is 0 Å². The summed E-state index contributed by atoms with van der Waals surface area (Å²) in [5.74, 6) is -2.17. The van der Waals surface area contributed by atoms with Gasteiger partial charge in [-0.15, -0.1) is 0 Å². The van der Waals surface area contributed by atoms with Gasteiger partial charge < -0.3 is 15.2 Å². The standard InChI is InChI=1S/C14H15BrFNO4/c15-9-2-4-12(11(16)6-9)21-7-13(18)17-10-3-1-8(5-10)14(19)20/h2,4,6,8,10H,1,3,5,7H2,(H,17,18)(H,19,20)/t8-,10+/m0/s1. The van der Waals surface area contributed by atoms with Crippen molar-refractivity contribution in [1.29, 1.82) is 0 Å². The summed E-state index contributed by atoms with van der Waals surface area (Å²) in [7, 11) is 0. The van der Waals surface area contributed by atoms with Gasteiger partial charge in [-0.1, -0.05) is 15.9 Å². The molecule has 7 heteroatoms. The van der Waals surface area contributed by atoms with Gasteiger partial charge >= 0.3 is 5.97 Å². The third-order valence-corrected chi connectivity index (χ3v) is 3.89. The van der Waals surface area contributed by atoms with Crippen LogP contribution in [-0.4, -0.2) is 29.6 Å². The fourth-order valence-corrected chi connectivity index (χ4v) is 2.67. The van der Waals surface area contributed by atoms with Gasteiger partial charge in [0.15, 0.2) is 18.2 Å². The molecule has 1 aromatic carbocycles. The monoisotopic (exact) mass is 359 g/mol. The van der Waals surface area contributed by atoms with E-state index in [1.165, 1.54) is 12.1 Å².